The number of amides is 2. The zero-order valence-corrected chi connectivity index (χ0v) is 19.7. The summed E-state index contributed by atoms with van der Waals surface area (Å²) >= 11 is 0. The first-order valence-corrected chi connectivity index (χ1v) is 10.9. The second-order valence-corrected chi connectivity index (χ2v) is 7.86. The molecule has 0 unspecified atom stereocenters. The number of hydrogen-bond acceptors (Lipinski definition) is 6. The molecule has 4 aromatic rings. The smallest absolute Gasteiger partial charge is 0.291 e. The standard InChI is InChI=1S/C25H26N6O4/c1-5-8-17-9-6-7-10-21(17)34-15-18-11-12-22(35-18)24(32)29-20-14-27-31(4)23(20)25(33)28-19-13-26-30(3)16(19)2/h5-7,9-14H,1,8,15H2,2-4H3,(H,28,33)(H,29,32). The van der Waals surface area contributed by atoms with Crippen LogP contribution >= 0.6 is 0 Å². The number of anilines is 2. The summed E-state index contributed by atoms with van der Waals surface area (Å²) in [4.78, 5) is 25.7. The fraction of sp³-hybridized carbons (Fsp3) is 0.200. The fourth-order valence-corrected chi connectivity index (χ4v) is 3.48. The average Bonchev–Trinajstić information content (AvgIpc) is 3.54. The molecule has 0 aliphatic carbocycles. The van der Waals surface area contributed by atoms with Crippen LogP contribution in [0, 0.1) is 6.92 Å². The van der Waals surface area contributed by atoms with E-state index in [2.05, 4.69) is 27.4 Å². The second-order valence-electron chi connectivity index (χ2n) is 7.86. The molecule has 4 rings (SSSR count). The van der Waals surface area contributed by atoms with Gasteiger partial charge in [0.15, 0.2) is 5.76 Å². The van der Waals surface area contributed by atoms with Gasteiger partial charge in [0.2, 0.25) is 0 Å². The first-order valence-electron chi connectivity index (χ1n) is 10.9. The number of carbonyl (C=O) groups is 2. The third-order valence-electron chi connectivity index (χ3n) is 5.48. The molecule has 180 valence electrons. The van der Waals surface area contributed by atoms with Crippen molar-refractivity contribution in [3.8, 4) is 5.75 Å². The van der Waals surface area contributed by atoms with Crippen molar-refractivity contribution in [1.82, 2.24) is 19.6 Å². The number of ether oxygens (including phenoxy) is 1. The van der Waals surface area contributed by atoms with Crippen molar-refractivity contribution < 1.29 is 18.7 Å². The quantitative estimate of drug-likeness (QED) is 0.356. The lowest BCUT2D eigenvalue weighted by Gasteiger charge is -2.09. The van der Waals surface area contributed by atoms with Crippen LogP contribution in [0.4, 0.5) is 11.4 Å². The van der Waals surface area contributed by atoms with Crippen molar-refractivity contribution in [2.45, 2.75) is 20.0 Å². The van der Waals surface area contributed by atoms with E-state index < -0.39 is 11.8 Å². The van der Waals surface area contributed by atoms with Crippen molar-refractivity contribution in [3.63, 3.8) is 0 Å². The lowest BCUT2D eigenvalue weighted by molar-refractivity contribution is 0.0992. The molecular weight excluding hydrogens is 448 g/mol. The zero-order chi connectivity index (χ0) is 24.9. The molecule has 0 radical (unpaired) electrons. The lowest BCUT2D eigenvalue weighted by atomic mass is 10.1. The molecule has 0 aliphatic rings. The fourth-order valence-electron chi connectivity index (χ4n) is 3.48. The Balaban J connectivity index is 1.43. The number of benzene rings is 1. The molecule has 2 amide bonds. The Kier molecular flexibility index (Phi) is 6.81. The molecule has 0 saturated carbocycles. The average molecular weight is 475 g/mol. The first kappa shape index (κ1) is 23.6. The van der Waals surface area contributed by atoms with Gasteiger partial charge in [-0.25, -0.2) is 0 Å². The van der Waals surface area contributed by atoms with Gasteiger partial charge in [-0.2, -0.15) is 10.2 Å². The molecule has 0 fully saturated rings. The number of para-hydroxylation sites is 1. The van der Waals surface area contributed by atoms with E-state index in [1.165, 1.54) is 10.9 Å². The molecule has 3 aromatic heterocycles. The topological polar surface area (TPSA) is 116 Å². The molecule has 0 bridgehead atoms. The number of hydrogen-bond donors (Lipinski definition) is 2. The maximum Gasteiger partial charge on any atom is 0.291 e. The number of nitrogens with one attached hydrogen (secondary N) is 2. The summed E-state index contributed by atoms with van der Waals surface area (Å²) in [5.74, 6) is 0.358. The van der Waals surface area contributed by atoms with Crippen LogP contribution in [0.3, 0.4) is 0 Å². The van der Waals surface area contributed by atoms with E-state index in [4.69, 9.17) is 9.15 Å². The summed E-state index contributed by atoms with van der Waals surface area (Å²) in [6, 6.07) is 10.9. The van der Waals surface area contributed by atoms with Gasteiger partial charge in [-0.15, -0.1) is 6.58 Å². The first-order chi connectivity index (χ1) is 16.9. The van der Waals surface area contributed by atoms with Gasteiger partial charge in [0.25, 0.3) is 11.8 Å². The Morgan fingerprint density at radius 1 is 1.03 bits per heavy atom. The molecule has 2 N–H and O–H groups in total. The second kappa shape index (κ2) is 10.1. The van der Waals surface area contributed by atoms with Crippen LogP contribution in [-0.4, -0.2) is 31.4 Å². The highest BCUT2D eigenvalue weighted by Gasteiger charge is 2.22. The van der Waals surface area contributed by atoms with Crippen LogP contribution in [0.1, 0.15) is 38.1 Å². The summed E-state index contributed by atoms with van der Waals surface area (Å²) in [5, 5.41) is 13.7. The maximum absolute atomic E-state index is 12.9. The molecule has 3 heterocycles. The third-order valence-corrected chi connectivity index (χ3v) is 5.48. The SMILES string of the molecule is C=CCc1ccccc1OCc1ccc(C(=O)Nc2cnn(C)c2C(=O)Nc2cnn(C)c2C)o1. The van der Waals surface area contributed by atoms with Gasteiger partial charge < -0.3 is 19.8 Å². The van der Waals surface area contributed by atoms with Crippen molar-refractivity contribution in [2.75, 3.05) is 10.6 Å². The highest BCUT2D eigenvalue weighted by molar-refractivity contribution is 6.11. The lowest BCUT2D eigenvalue weighted by Crippen LogP contribution is -2.20. The highest BCUT2D eigenvalue weighted by Crippen LogP contribution is 2.22. The summed E-state index contributed by atoms with van der Waals surface area (Å²) in [7, 11) is 3.40. The Morgan fingerprint density at radius 2 is 1.74 bits per heavy atom. The predicted octanol–water partition coefficient (Wildman–Crippen LogP) is 3.87. The van der Waals surface area contributed by atoms with E-state index in [1.54, 1.807) is 37.1 Å². The summed E-state index contributed by atoms with van der Waals surface area (Å²) < 4.78 is 14.6. The van der Waals surface area contributed by atoms with Gasteiger partial charge in [-0.3, -0.25) is 19.0 Å². The molecule has 10 heteroatoms. The van der Waals surface area contributed by atoms with Gasteiger partial charge in [-0.05, 0) is 37.1 Å². The zero-order valence-electron chi connectivity index (χ0n) is 19.7. The van der Waals surface area contributed by atoms with Crippen LogP contribution in [0.25, 0.3) is 0 Å². The minimum atomic E-state index is -0.511. The van der Waals surface area contributed by atoms with Crippen molar-refractivity contribution in [1.29, 1.82) is 0 Å². The van der Waals surface area contributed by atoms with Crippen LogP contribution in [0.15, 0.2) is 65.9 Å². The van der Waals surface area contributed by atoms with Crippen molar-refractivity contribution in [2.24, 2.45) is 14.1 Å². The van der Waals surface area contributed by atoms with Gasteiger partial charge in [0.05, 0.1) is 29.5 Å². The molecule has 0 aliphatic heterocycles. The van der Waals surface area contributed by atoms with Crippen LogP contribution in [0.2, 0.25) is 0 Å². The molecule has 10 nitrogen and oxygen atoms in total. The normalized spacial score (nSPS) is 10.7. The largest absolute Gasteiger partial charge is 0.485 e. The van der Waals surface area contributed by atoms with E-state index in [0.29, 0.717) is 17.9 Å². The van der Waals surface area contributed by atoms with Gasteiger partial charge in [-0.1, -0.05) is 24.3 Å². The Hall–Kier alpha value is -4.60. The van der Waals surface area contributed by atoms with E-state index in [9.17, 15) is 9.59 Å². The number of aromatic nitrogens is 4. The van der Waals surface area contributed by atoms with Gasteiger partial charge in [0, 0.05) is 14.1 Å². The Morgan fingerprint density at radius 3 is 2.49 bits per heavy atom. The van der Waals surface area contributed by atoms with E-state index >= 15 is 0 Å². The monoisotopic (exact) mass is 474 g/mol. The van der Waals surface area contributed by atoms with Crippen LogP contribution in [0.5, 0.6) is 5.75 Å². The molecule has 0 saturated heterocycles. The molecule has 1 aromatic carbocycles. The van der Waals surface area contributed by atoms with E-state index in [-0.39, 0.29) is 23.7 Å². The van der Waals surface area contributed by atoms with Crippen LogP contribution in [-0.2, 0) is 27.1 Å². The predicted molar refractivity (Wildman–Crippen MR) is 130 cm³/mol. The van der Waals surface area contributed by atoms with Crippen molar-refractivity contribution >= 4 is 23.2 Å². The van der Waals surface area contributed by atoms with E-state index in [0.717, 1.165) is 17.0 Å². The number of aryl methyl sites for hydroxylation is 2. The van der Waals surface area contributed by atoms with Crippen molar-refractivity contribution in [3.05, 3.63) is 89.9 Å². The Bertz CT molecular complexity index is 1380. The highest BCUT2D eigenvalue weighted by atomic mass is 16.5. The molecular formula is C25H26N6O4. The number of carbonyl (C=O) groups excluding carboxylic acids is 2. The molecule has 0 spiro atoms. The number of nitrogens with zero attached hydrogens (tertiary/aromatic N) is 4. The maximum atomic E-state index is 12.9. The minimum Gasteiger partial charge on any atom is -0.485 e. The van der Waals surface area contributed by atoms with Gasteiger partial charge in [0.1, 0.15) is 23.8 Å². The van der Waals surface area contributed by atoms with Crippen LogP contribution < -0.4 is 15.4 Å². The summed E-state index contributed by atoms with van der Waals surface area (Å²) in [6.07, 6.45) is 5.46. The number of furan rings is 1. The molecule has 0 atom stereocenters. The summed E-state index contributed by atoms with van der Waals surface area (Å²) in [6.45, 7) is 5.76. The van der Waals surface area contributed by atoms with Gasteiger partial charge >= 0.3 is 0 Å². The number of allylic oxidation sites excluding steroid dienone is 1. The Labute approximate surface area is 202 Å². The number of rotatable bonds is 9. The molecule has 35 heavy (non-hydrogen) atoms. The minimum absolute atomic E-state index is 0.0845. The van der Waals surface area contributed by atoms with E-state index in [1.807, 2.05) is 37.3 Å². The summed E-state index contributed by atoms with van der Waals surface area (Å²) in [5.41, 5.74) is 2.82. The third kappa shape index (κ3) is 5.16.